The maximum Gasteiger partial charge on any atom is 0.273 e. The normalized spacial score (nSPS) is 11.1. The van der Waals surface area contributed by atoms with Crippen molar-refractivity contribution in [3.8, 4) is 0 Å². The number of nitrogen functional groups attached to an aromatic ring is 1. The third-order valence-corrected chi connectivity index (χ3v) is 4.37. The van der Waals surface area contributed by atoms with Crippen LogP contribution in [-0.4, -0.2) is 46.3 Å². The highest BCUT2D eigenvalue weighted by molar-refractivity contribution is 7.99. The number of rotatable bonds is 5. The number of carbonyl (C=O) groups is 1. The molecule has 3 N–H and O–H groups in total. The first-order valence-corrected chi connectivity index (χ1v) is 7.76. The first kappa shape index (κ1) is 13.8. The van der Waals surface area contributed by atoms with Gasteiger partial charge in [0.1, 0.15) is 11.3 Å². The molecule has 10 nitrogen and oxygen atoms in total. The molecule has 0 aliphatic heterocycles. The van der Waals surface area contributed by atoms with Crippen molar-refractivity contribution in [2.45, 2.75) is 18.5 Å². The molecule has 1 amide bonds. The van der Waals surface area contributed by atoms with Gasteiger partial charge < -0.3 is 5.84 Å². The van der Waals surface area contributed by atoms with Gasteiger partial charge in [-0.1, -0.05) is 30.0 Å². The number of hydrogen-bond acceptors (Lipinski definition) is 9. The standard InChI is InChI=1S/C9H11N9OS2/c1-2-6-13-14-7(21-6)12-5(19)3-20-9-16-15-8-17(10)4-11-18(8)9/h4H,2-3,10H2,1H3,(H,12,14,19). The van der Waals surface area contributed by atoms with E-state index in [0.717, 1.165) is 11.4 Å². The average Bonchev–Trinajstić information content (AvgIpc) is 3.15. The largest absolute Gasteiger partial charge is 0.335 e. The van der Waals surface area contributed by atoms with Crippen LogP contribution in [0.2, 0.25) is 0 Å². The molecule has 12 heteroatoms. The predicted molar refractivity (Wildman–Crippen MR) is 77.6 cm³/mol. The Labute approximate surface area is 126 Å². The number of aromatic nitrogens is 7. The van der Waals surface area contributed by atoms with E-state index in [1.54, 1.807) is 0 Å². The number of carbonyl (C=O) groups excluding carboxylic acids is 1. The summed E-state index contributed by atoms with van der Waals surface area (Å²) < 4.78 is 2.72. The second-order valence-electron chi connectivity index (χ2n) is 3.92. The van der Waals surface area contributed by atoms with Crippen molar-refractivity contribution in [2.24, 2.45) is 0 Å². The van der Waals surface area contributed by atoms with Crippen LogP contribution in [0.4, 0.5) is 5.13 Å². The molecule has 110 valence electrons. The Kier molecular flexibility index (Phi) is 3.70. The van der Waals surface area contributed by atoms with Crippen LogP contribution in [-0.2, 0) is 11.2 Å². The van der Waals surface area contributed by atoms with Crippen molar-refractivity contribution < 1.29 is 4.79 Å². The average molecular weight is 325 g/mol. The van der Waals surface area contributed by atoms with Gasteiger partial charge in [0.05, 0.1) is 5.75 Å². The number of hydrogen-bond donors (Lipinski definition) is 2. The Morgan fingerprint density at radius 3 is 3.05 bits per heavy atom. The summed E-state index contributed by atoms with van der Waals surface area (Å²) in [5.41, 5.74) is 0. The number of amides is 1. The highest BCUT2D eigenvalue weighted by Gasteiger charge is 2.13. The molecule has 0 aromatic carbocycles. The fourth-order valence-electron chi connectivity index (χ4n) is 1.50. The van der Waals surface area contributed by atoms with Gasteiger partial charge in [-0.05, 0) is 6.42 Å². The van der Waals surface area contributed by atoms with Crippen molar-refractivity contribution >= 4 is 39.9 Å². The zero-order chi connectivity index (χ0) is 14.8. The molecule has 3 heterocycles. The molecule has 3 aromatic rings. The SMILES string of the molecule is CCc1nnc(NC(=O)CSc2nnc3n(N)cnn23)s1. The van der Waals surface area contributed by atoms with Gasteiger partial charge in [0.25, 0.3) is 5.78 Å². The van der Waals surface area contributed by atoms with Crippen molar-refractivity contribution in [3.63, 3.8) is 0 Å². The minimum atomic E-state index is -0.192. The third kappa shape index (κ3) is 2.80. The smallest absolute Gasteiger partial charge is 0.273 e. The second kappa shape index (κ2) is 5.65. The molecule has 0 aliphatic rings. The van der Waals surface area contributed by atoms with Crippen molar-refractivity contribution in [1.29, 1.82) is 0 Å². The van der Waals surface area contributed by atoms with Gasteiger partial charge in [-0.3, -0.25) is 10.1 Å². The summed E-state index contributed by atoms with van der Waals surface area (Å²) in [7, 11) is 0. The van der Waals surface area contributed by atoms with E-state index in [-0.39, 0.29) is 11.7 Å². The van der Waals surface area contributed by atoms with Gasteiger partial charge in [0, 0.05) is 0 Å². The fraction of sp³-hybridized carbons (Fsp3) is 0.333. The Balaban J connectivity index is 1.60. The van der Waals surface area contributed by atoms with Crippen molar-refractivity contribution in [3.05, 3.63) is 11.3 Å². The topological polar surface area (TPSA) is 129 Å². The molecule has 0 fully saturated rings. The van der Waals surface area contributed by atoms with Crippen molar-refractivity contribution in [1.82, 2.24) is 34.7 Å². The van der Waals surface area contributed by atoms with Gasteiger partial charge in [-0.25, -0.2) is 4.68 Å². The summed E-state index contributed by atoms with van der Waals surface area (Å²) in [5.74, 6) is 5.98. The number of aryl methyl sites for hydroxylation is 1. The highest BCUT2D eigenvalue weighted by atomic mass is 32.2. The van der Waals surface area contributed by atoms with E-state index >= 15 is 0 Å². The number of anilines is 1. The van der Waals surface area contributed by atoms with Crippen LogP contribution in [0.5, 0.6) is 0 Å². The van der Waals surface area contributed by atoms with Gasteiger partial charge in [0.15, 0.2) is 0 Å². The zero-order valence-corrected chi connectivity index (χ0v) is 12.6. The number of nitrogens with two attached hydrogens (primary N) is 1. The van der Waals surface area contributed by atoms with Gasteiger partial charge in [-0.2, -0.15) is 9.61 Å². The first-order valence-electron chi connectivity index (χ1n) is 5.96. The molecule has 0 atom stereocenters. The monoisotopic (exact) mass is 325 g/mol. The summed E-state index contributed by atoms with van der Waals surface area (Å²) in [5, 5.41) is 24.2. The second-order valence-corrected chi connectivity index (χ2v) is 5.93. The number of fused-ring (bicyclic) bond motifs is 1. The molecule has 0 radical (unpaired) electrons. The maximum atomic E-state index is 11.8. The molecule has 0 unspecified atom stereocenters. The van der Waals surface area contributed by atoms with Crippen LogP contribution in [0.25, 0.3) is 5.78 Å². The van der Waals surface area contributed by atoms with Crippen LogP contribution in [0, 0.1) is 0 Å². The summed E-state index contributed by atoms with van der Waals surface area (Å²) in [6, 6.07) is 0. The van der Waals surface area contributed by atoms with Gasteiger partial charge >= 0.3 is 0 Å². The Morgan fingerprint density at radius 2 is 2.29 bits per heavy atom. The van der Waals surface area contributed by atoms with Gasteiger partial charge in [-0.15, -0.1) is 20.4 Å². The number of nitrogens with one attached hydrogen (secondary N) is 1. The minimum absolute atomic E-state index is 0.166. The zero-order valence-electron chi connectivity index (χ0n) is 10.9. The summed E-state index contributed by atoms with van der Waals surface area (Å²) in [4.78, 5) is 11.8. The lowest BCUT2D eigenvalue weighted by Gasteiger charge is -1.98. The van der Waals surface area contributed by atoms with E-state index in [1.807, 2.05) is 6.92 Å². The third-order valence-electron chi connectivity index (χ3n) is 2.47. The predicted octanol–water partition coefficient (Wildman–Crippen LogP) is -0.216. The van der Waals surface area contributed by atoms with E-state index < -0.39 is 0 Å². The molecular formula is C9H11N9OS2. The fourth-order valence-corrected chi connectivity index (χ4v) is 2.88. The molecule has 0 aliphatic carbocycles. The molecular weight excluding hydrogens is 314 g/mol. The van der Waals surface area contributed by atoms with Crippen LogP contribution in [0.1, 0.15) is 11.9 Å². The number of thioether (sulfide) groups is 1. The number of nitrogens with zero attached hydrogens (tertiary/aromatic N) is 7. The van der Waals surface area contributed by atoms with E-state index in [1.165, 1.54) is 38.6 Å². The molecule has 21 heavy (non-hydrogen) atoms. The summed E-state index contributed by atoms with van der Waals surface area (Å²) in [6.45, 7) is 1.98. The van der Waals surface area contributed by atoms with Crippen LogP contribution in [0.15, 0.2) is 11.5 Å². The van der Waals surface area contributed by atoms with Crippen molar-refractivity contribution in [2.75, 3.05) is 16.9 Å². The first-order chi connectivity index (χ1) is 10.2. The lowest BCUT2D eigenvalue weighted by atomic mass is 10.5. The quantitative estimate of drug-likeness (QED) is 0.487. The Hall–Kier alpha value is -2.21. The van der Waals surface area contributed by atoms with Crippen LogP contribution < -0.4 is 11.2 Å². The van der Waals surface area contributed by atoms with E-state index in [4.69, 9.17) is 5.84 Å². The Bertz CT molecular complexity index is 775. The molecule has 0 bridgehead atoms. The van der Waals surface area contributed by atoms with Gasteiger partial charge in [0.2, 0.25) is 16.2 Å². The molecule has 3 rings (SSSR count). The van der Waals surface area contributed by atoms with E-state index in [2.05, 4.69) is 30.8 Å². The molecule has 0 saturated heterocycles. The summed E-state index contributed by atoms with van der Waals surface area (Å²) in [6.07, 6.45) is 2.21. The molecule has 3 aromatic heterocycles. The lowest BCUT2D eigenvalue weighted by Crippen LogP contribution is -2.14. The van der Waals surface area contributed by atoms with E-state index in [0.29, 0.717) is 16.1 Å². The van der Waals surface area contributed by atoms with E-state index in [9.17, 15) is 4.79 Å². The highest BCUT2D eigenvalue weighted by Crippen LogP contribution is 2.18. The molecule has 0 saturated carbocycles. The summed E-state index contributed by atoms with van der Waals surface area (Å²) >= 11 is 2.57. The Morgan fingerprint density at radius 1 is 1.43 bits per heavy atom. The van der Waals surface area contributed by atoms with Crippen LogP contribution >= 0.6 is 23.1 Å². The maximum absolute atomic E-state index is 11.8. The minimum Gasteiger partial charge on any atom is -0.335 e. The lowest BCUT2D eigenvalue weighted by molar-refractivity contribution is -0.113. The van der Waals surface area contributed by atoms with Crippen LogP contribution in [0.3, 0.4) is 0 Å². The molecule has 0 spiro atoms.